The molecule has 1 aliphatic rings. The van der Waals surface area contributed by atoms with Gasteiger partial charge in [0.1, 0.15) is 0 Å². The molecule has 0 spiro atoms. The van der Waals surface area contributed by atoms with Gasteiger partial charge in [-0.25, -0.2) is 0 Å². The second kappa shape index (κ2) is 9.22. The molecule has 5 rings (SSSR count). The number of H-pyrrole nitrogens is 1. The zero-order chi connectivity index (χ0) is 25.4. The van der Waals surface area contributed by atoms with Gasteiger partial charge in [-0.05, 0) is 31.9 Å². The molecule has 1 amide bonds. The van der Waals surface area contributed by atoms with Crippen LogP contribution < -0.4 is 0 Å². The van der Waals surface area contributed by atoms with Gasteiger partial charge in [0, 0.05) is 29.9 Å². The summed E-state index contributed by atoms with van der Waals surface area (Å²) in [7, 11) is 0. The first-order valence-corrected chi connectivity index (χ1v) is 11.3. The normalized spacial score (nSPS) is 19.4. The Hall–Kier alpha value is -4.00. The van der Waals surface area contributed by atoms with Crippen molar-refractivity contribution in [2.45, 2.75) is 44.1 Å². The fourth-order valence-corrected chi connectivity index (χ4v) is 4.49. The van der Waals surface area contributed by atoms with Crippen LogP contribution in [0, 0.1) is 0 Å². The molecular weight excluding hydrogens is 477 g/mol. The van der Waals surface area contributed by atoms with E-state index in [0.29, 0.717) is 23.4 Å². The van der Waals surface area contributed by atoms with E-state index in [-0.39, 0.29) is 29.2 Å². The number of aromatic nitrogens is 7. The molecule has 188 valence electrons. The first-order valence-electron chi connectivity index (χ1n) is 11.3. The monoisotopic (exact) mass is 500 g/mol. The number of hydrogen-bond acceptors (Lipinski definition) is 6. The highest BCUT2D eigenvalue weighted by Gasteiger charge is 2.41. The molecule has 0 radical (unpaired) electrons. The maximum Gasteiger partial charge on any atom is 0.418 e. The lowest BCUT2D eigenvalue weighted by molar-refractivity contribution is -0.206. The zero-order valence-corrected chi connectivity index (χ0v) is 19.2. The molecule has 4 aromatic rings. The Morgan fingerprint density at radius 1 is 1.14 bits per heavy atom. The van der Waals surface area contributed by atoms with Gasteiger partial charge in [-0.15, -0.1) is 0 Å². The number of hydrogen-bond donors (Lipinski definition) is 2. The van der Waals surface area contributed by atoms with Crippen molar-refractivity contribution < 1.29 is 23.1 Å². The average Bonchev–Trinajstić information content (AvgIpc) is 3.64. The molecule has 1 saturated heterocycles. The largest absolute Gasteiger partial charge is 0.418 e. The maximum absolute atomic E-state index is 13.6. The summed E-state index contributed by atoms with van der Waals surface area (Å²) < 4.78 is 40.8. The number of benzene rings is 1. The quantitative estimate of drug-likeness (QED) is 0.434. The molecule has 36 heavy (non-hydrogen) atoms. The van der Waals surface area contributed by atoms with Crippen molar-refractivity contribution in [3.05, 3.63) is 66.4 Å². The van der Waals surface area contributed by atoms with Crippen LogP contribution in [0.2, 0.25) is 0 Å². The van der Waals surface area contributed by atoms with Crippen molar-refractivity contribution in [2.24, 2.45) is 0 Å². The van der Waals surface area contributed by atoms with Crippen LogP contribution in [0.3, 0.4) is 0 Å². The molecule has 0 aliphatic carbocycles. The lowest BCUT2D eigenvalue weighted by Gasteiger charge is -2.38. The van der Waals surface area contributed by atoms with Crippen molar-refractivity contribution in [3.8, 4) is 16.9 Å². The van der Waals surface area contributed by atoms with Crippen molar-refractivity contribution in [2.75, 3.05) is 6.54 Å². The summed E-state index contributed by atoms with van der Waals surface area (Å²) in [5.41, 5.74) is 1.06. The number of nitrogens with one attached hydrogen (secondary N) is 1. The molecular formula is C23H23F3N8O2. The minimum absolute atomic E-state index is 0.0245. The summed E-state index contributed by atoms with van der Waals surface area (Å²) in [4.78, 5) is 16.8. The van der Waals surface area contributed by atoms with E-state index in [1.165, 1.54) is 23.4 Å². The van der Waals surface area contributed by atoms with Gasteiger partial charge >= 0.3 is 6.18 Å². The highest BCUT2D eigenvalue weighted by atomic mass is 19.4. The number of para-hydroxylation sites is 1. The number of rotatable bonds is 5. The average molecular weight is 500 g/mol. The van der Waals surface area contributed by atoms with E-state index >= 15 is 0 Å². The molecule has 4 heterocycles. The molecule has 0 unspecified atom stereocenters. The van der Waals surface area contributed by atoms with Gasteiger partial charge < -0.3 is 10.0 Å². The highest BCUT2D eigenvalue weighted by Crippen LogP contribution is 2.37. The number of amides is 1. The minimum atomic E-state index is -4.82. The molecule has 0 saturated carbocycles. The topological polar surface area (TPSA) is 118 Å². The molecule has 1 fully saturated rings. The van der Waals surface area contributed by atoms with Gasteiger partial charge in [-0.1, -0.05) is 12.1 Å². The Bertz CT molecular complexity index is 1350. The molecule has 3 atom stereocenters. The zero-order valence-electron chi connectivity index (χ0n) is 19.2. The van der Waals surface area contributed by atoms with Crippen molar-refractivity contribution in [1.29, 1.82) is 0 Å². The number of nitrogens with zero attached hydrogens (tertiary/aromatic N) is 7. The number of carbonyl (C=O) groups is 1. The molecule has 10 nitrogen and oxygen atoms in total. The lowest BCUT2D eigenvalue weighted by atomic mass is 9.98. The fraction of sp³-hybridized carbons (Fsp3) is 0.348. The number of alkyl halides is 3. The highest BCUT2D eigenvalue weighted by molar-refractivity contribution is 5.98. The number of halogens is 3. The Morgan fingerprint density at radius 2 is 1.89 bits per heavy atom. The van der Waals surface area contributed by atoms with Crippen LogP contribution >= 0.6 is 0 Å². The Labute approximate surface area is 203 Å². The van der Waals surface area contributed by atoms with Crippen LogP contribution in [-0.2, 0) is 0 Å². The molecule has 0 bridgehead atoms. The maximum atomic E-state index is 13.6. The third kappa shape index (κ3) is 4.37. The van der Waals surface area contributed by atoms with Crippen LogP contribution in [0.25, 0.3) is 16.9 Å². The Balaban J connectivity index is 1.39. The first kappa shape index (κ1) is 23.7. The molecule has 1 aromatic carbocycles. The molecule has 3 aromatic heterocycles. The second-order valence-corrected chi connectivity index (χ2v) is 8.73. The number of piperidine rings is 1. The summed E-state index contributed by atoms with van der Waals surface area (Å²) in [5, 5.41) is 28.5. The van der Waals surface area contributed by atoms with Gasteiger partial charge in [0.15, 0.2) is 6.10 Å². The third-order valence-electron chi connectivity index (χ3n) is 6.42. The van der Waals surface area contributed by atoms with E-state index in [2.05, 4.69) is 25.5 Å². The van der Waals surface area contributed by atoms with Crippen LogP contribution in [-0.4, -0.2) is 69.6 Å². The van der Waals surface area contributed by atoms with Gasteiger partial charge in [0.2, 0.25) is 0 Å². The van der Waals surface area contributed by atoms with Crippen molar-refractivity contribution in [1.82, 2.24) is 39.9 Å². The number of aliphatic hydroxyl groups excluding tert-OH is 1. The third-order valence-corrected chi connectivity index (χ3v) is 6.42. The molecule has 1 aliphatic heterocycles. The second-order valence-electron chi connectivity index (χ2n) is 8.73. The van der Waals surface area contributed by atoms with E-state index in [1.54, 1.807) is 34.0 Å². The van der Waals surface area contributed by atoms with Gasteiger partial charge in [0.25, 0.3) is 5.91 Å². The number of likely N-dealkylation sites (tertiary alicyclic amines) is 1. The SMILES string of the molecule is C[C@@H]1CC[C@@H](n2cc(-c3[nH]ncc3[C@@H](O)C(F)(F)F)cn2)CN1C(=O)c1ccccc1-n1nccn1. The van der Waals surface area contributed by atoms with Crippen LogP contribution in [0.15, 0.2) is 55.2 Å². The number of aliphatic hydroxyl groups is 1. The standard InChI is InChI=1S/C23H23F3N8O2/c1-14-6-7-16(13-32(14)22(36)17-4-2-3-5-19(17)34-28-8-9-29-34)33-12-15(10-30-33)20-18(11-27-31-20)21(35)23(24,25)26/h2-5,8-12,14,16,21,35H,6-7,13H2,1H3,(H,27,31)/t14-,16-,21-/m1/s1. The van der Waals surface area contributed by atoms with Gasteiger partial charge in [-0.3, -0.25) is 14.6 Å². The van der Waals surface area contributed by atoms with E-state index in [1.807, 2.05) is 13.0 Å². The van der Waals surface area contributed by atoms with Crippen LogP contribution in [0.4, 0.5) is 13.2 Å². The Kier molecular flexibility index (Phi) is 6.08. The predicted octanol–water partition coefficient (Wildman–Crippen LogP) is 3.32. The number of aromatic amines is 1. The molecule has 13 heteroatoms. The van der Waals surface area contributed by atoms with Gasteiger partial charge in [-0.2, -0.15) is 38.4 Å². The smallest absolute Gasteiger partial charge is 0.379 e. The summed E-state index contributed by atoms with van der Waals surface area (Å²) in [5.74, 6) is -0.170. The first-order chi connectivity index (χ1) is 17.2. The molecule has 2 N–H and O–H groups in total. The van der Waals surface area contributed by atoms with E-state index in [0.717, 1.165) is 19.0 Å². The van der Waals surface area contributed by atoms with Crippen LogP contribution in [0.5, 0.6) is 0 Å². The minimum Gasteiger partial charge on any atom is -0.379 e. The summed E-state index contributed by atoms with van der Waals surface area (Å²) in [6.45, 7) is 2.34. The van der Waals surface area contributed by atoms with E-state index in [4.69, 9.17) is 0 Å². The number of carbonyl (C=O) groups excluding carboxylic acids is 1. The Morgan fingerprint density at radius 3 is 2.64 bits per heavy atom. The van der Waals surface area contributed by atoms with Crippen molar-refractivity contribution >= 4 is 5.91 Å². The van der Waals surface area contributed by atoms with Crippen molar-refractivity contribution in [3.63, 3.8) is 0 Å². The summed E-state index contributed by atoms with van der Waals surface area (Å²) in [6, 6.07) is 6.88. The van der Waals surface area contributed by atoms with E-state index < -0.39 is 12.3 Å². The summed E-state index contributed by atoms with van der Waals surface area (Å²) >= 11 is 0. The summed E-state index contributed by atoms with van der Waals surface area (Å²) in [6.07, 6.45) is 1.02. The lowest BCUT2D eigenvalue weighted by Crippen LogP contribution is -2.46. The fourth-order valence-electron chi connectivity index (χ4n) is 4.49. The van der Waals surface area contributed by atoms with Gasteiger partial charge in [0.05, 0.1) is 47.8 Å². The van der Waals surface area contributed by atoms with E-state index in [9.17, 15) is 23.1 Å². The van der Waals surface area contributed by atoms with Crippen LogP contribution in [0.1, 0.15) is 47.8 Å². The predicted molar refractivity (Wildman–Crippen MR) is 121 cm³/mol.